The van der Waals surface area contributed by atoms with Crippen molar-refractivity contribution in [3.63, 3.8) is 0 Å². The van der Waals surface area contributed by atoms with Crippen molar-refractivity contribution in [1.82, 2.24) is 14.9 Å². The highest BCUT2D eigenvalue weighted by molar-refractivity contribution is 6.32. The molecule has 0 spiro atoms. The largest absolute Gasteiger partial charge is 0.381 e. The summed E-state index contributed by atoms with van der Waals surface area (Å²) in [7, 11) is 0. The standard InChI is InChI=1S/C23H25ClN4O3.C2H6/c1-13-11-28(12-14(2)31-13)23(30)16-4-6-18(7-5-16)25-10-17-8-19-21(9-20(17)24)26-15(3)27-22(19)29;1-2/h4-9,13-14,25H,10-12H2,1-3H3,(H,26,27,29);1-2H3. The van der Waals surface area contributed by atoms with E-state index in [1.54, 1.807) is 19.1 Å². The van der Waals surface area contributed by atoms with Gasteiger partial charge in [-0.3, -0.25) is 9.59 Å². The van der Waals surface area contributed by atoms with Gasteiger partial charge in [-0.05, 0) is 62.7 Å². The van der Waals surface area contributed by atoms with E-state index < -0.39 is 0 Å². The van der Waals surface area contributed by atoms with Gasteiger partial charge in [-0.25, -0.2) is 4.98 Å². The Kier molecular flexibility index (Phi) is 8.10. The number of morpholine rings is 1. The van der Waals surface area contributed by atoms with Gasteiger partial charge in [-0.2, -0.15) is 0 Å². The number of nitrogens with zero attached hydrogens (tertiary/aromatic N) is 2. The number of amides is 1. The summed E-state index contributed by atoms with van der Waals surface area (Å²) >= 11 is 6.40. The van der Waals surface area contributed by atoms with Crippen LogP contribution in [0.15, 0.2) is 41.2 Å². The van der Waals surface area contributed by atoms with E-state index in [9.17, 15) is 9.59 Å². The molecular weight excluding hydrogens is 440 g/mol. The Hall–Kier alpha value is -2.90. The van der Waals surface area contributed by atoms with Crippen LogP contribution in [-0.2, 0) is 11.3 Å². The predicted molar refractivity (Wildman–Crippen MR) is 133 cm³/mol. The molecule has 7 nitrogen and oxygen atoms in total. The lowest BCUT2D eigenvalue weighted by Crippen LogP contribution is -2.48. The molecule has 0 saturated carbocycles. The summed E-state index contributed by atoms with van der Waals surface area (Å²) in [5, 5.41) is 4.34. The summed E-state index contributed by atoms with van der Waals surface area (Å²) in [6.07, 6.45) is 0.0680. The molecule has 3 aromatic rings. The zero-order valence-corrected chi connectivity index (χ0v) is 20.5. The van der Waals surface area contributed by atoms with Gasteiger partial charge < -0.3 is 19.9 Å². The molecule has 1 aromatic heterocycles. The van der Waals surface area contributed by atoms with Crippen LogP contribution in [0.4, 0.5) is 5.69 Å². The number of halogens is 1. The van der Waals surface area contributed by atoms with Crippen molar-refractivity contribution in [2.24, 2.45) is 0 Å². The van der Waals surface area contributed by atoms with Gasteiger partial charge in [-0.15, -0.1) is 0 Å². The molecule has 176 valence electrons. The van der Waals surface area contributed by atoms with Crippen molar-refractivity contribution in [2.45, 2.75) is 53.4 Å². The molecule has 33 heavy (non-hydrogen) atoms. The molecule has 0 bridgehead atoms. The average molecular weight is 471 g/mol. The molecule has 2 unspecified atom stereocenters. The van der Waals surface area contributed by atoms with Crippen molar-refractivity contribution in [3.05, 3.63) is 68.7 Å². The molecule has 2 aromatic carbocycles. The van der Waals surface area contributed by atoms with E-state index in [1.165, 1.54) is 0 Å². The number of aromatic amines is 1. The monoisotopic (exact) mass is 470 g/mol. The van der Waals surface area contributed by atoms with E-state index in [0.717, 1.165) is 11.3 Å². The van der Waals surface area contributed by atoms with Gasteiger partial charge in [0.25, 0.3) is 11.5 Å². The second-order valence-electron chi connectivity index (χ2n) is 8.01. The molecule has 2 N–H and O–H groups in total. The zero-order valence-electron chi connectivity index (χ0n) is 19.7. The lowest BCUT2D eigenvalue weighted by Gasteiger charge is -2.35. The number of ether oxygens (including phenoxy) is 1. The summed E-state index contributed by atoms with van der Waals surface area (Å²) in [5.74, 6) is 0.559. The highest BCUT2D eigenvalue weighted by Gasteiger charge is 2.26. The molecule has 2 heterocycles. The number of aromatic nitrogens is 2. The molecule has 1 fully saturated rings. The Bertz CT molecular complexity index is 1170. The minimum atomic E-state index is -0.185. The number of hydrogen-bond donors (Lipinski definition) is 2. The SMILES string of the molecule is CC.Cc1nc2cc(Cl)c(CNc3ccc(C(=O)N4CC(C)OC(C)C4)cc3)cc2c(=O)[nH]1. The van der Waals surface area contributed by atoms with Crippen LogP contribution < -0.4 is 10.9 Å². The number of carbonyl (C=O) groups is 1. The minimum Gasteiger partial charge on any atom is -0.381 e. The average Bonchev–Trinajstić information content (AvgIpc) is 2.78. The number of H-pyrrole nitrogens is 1. The number of anilines is 1. The first kappa shape index (κ1) is 24.7. The van der Waals surface area contributed by atoms with Gasteiger partial charge in [-0.1, -0.05) is 25.4 Å². The van der Waals surface area contributed by atoms with Gasteiger partial charge in [0.05, 0.1) is 23.1 Å². The molecular formula is C25H31ClN4O3. The van der Waals surface area contributed by atoms with Crippen molar-refractivity contribution in [2.75, 3.05) is 18.4 Å². The van der Waals surface area contributed by atoms with Crippen LogP contribution in [0.3, 0.4) is 0 Å². The van der Waals surface area contributed by atoms with Crippen LogP contribution in [0.2, 0.25) is 5.02 Å². The second-order valence-corrected chi connectivity index (χ2v) is 8.42. The van der Waals surface area contributed by atoms with E-state index in [2.05, 4.69) is 15.3 Å². The Labute approximate surface area is 199 Å². The van der Waals surface area contributed by atoms with Gasteiger partial charge in [0.1, 0.15) is 5.82 Å². The molecule has 0 aliphatic carbocycles. The van der Waals surface area contributed by atoms with Crippen LogP contribution in [0.5, 0.6) is 0 Å². The topological polar surface area (TPSA) is 87.3 Å². The Morgan fingerprint density at radius 1 is 1.18 bits per heavy atom. The van der Waals surface area contributed by atoms with Crippen molar-refractivity contribution >= 4 is 34.1 Å². The maximum Gasteiger partial charge on any atom is 0.258 e. The Morgan fingerprint density at radius 3 is 2.45 bits per heavy atom. The van der Waals surface area contributed by atoms with E-state index in [0.29, 0.717) is 46.9 Å². The van der Waals surface area contributed by atoms with Crippen LogP contribution in [-0.4, -0.2) is 46.1 Å². The minimum absolute atomic E-state index is 0.00754. The fourth-order valence-electron chi connectivity index (χ4n) is 3.91. The molecule has 8 heteroatoms. The Morgan fingerprint density at radius 2 is 1.82 bits per heavy atom. The van der Waals surface area contributed by atoms with Gasteiger partial charge >= 0.3 is 0 Å². The van der Waals surface area contributed by atoms with Crippen molar-refractivity contribution < 1.29 is 9.53 Å². The van der Waals surface area contributed by atoms with Gasteiger partial charge in [0, 0.05) is 35.9 Å². The fourth-order valence-corrected chi connectivity index (χ4v) is 4.14. The van der Waals surface area contributed by atoms with Crippen molar-refractivity contribution in [1.29, 1.82) is 0 Å². The number of nitrogens with one attached hydrogen (secondary N) is 2. The summed E-state index contributed by atoms with van der Waals surface area (Å²) in [6, 6.07) is 10.8. The predicted octanol–water partition coefficient (Wildman–Crippen LogP) is 4.77. The third-order valence-electron chi connectivity index (χ3n) is 5.31. The first-order chi connectivity index (χ1) is 15.8. The third kappa shape index (κ3) is 5.92. The molecule has 4 rings (SSSR count). The summed E-state index contributed by atoms with van der Waals surface area (Å²) in [6.45, 7) is 11.3. The summed E-state index contributed by atoms with van der Waals surface area (Å²) in [4.78, 5) is 33.9. The first-order valence-electron chi connectivity index (χ1n) is 11.3. The molecule has 1 aliphatic heterocycles. The highest BCUT2D eigenvalue weighted by atomic mass is 35.5. The maximum absolute atomic E-state index is 12.8. The smallest absolute Gasteiger partial charge is 0.258 e. The van der Waals surface area contributed by atoms with Crippen LogP contribution in [0.1, 0.15) is 49.4 Å². The van der Waals surface area contributed by atoms with Crippen LogP contribution in [0, 0.1) is 6.92 Å². The fraction of sp³-hybridized carbons (Fsp3) is 0.400. The van der Waals surface area contributed by atoms with E-state index in [-0.39, 0.29) is 23.7 Å². The first-order valence-corrected chi connectivity index (χ1v) is 11.7. The van der Waals surface area contributed by atoms with E-state index in [4.69, 9.17) is 16.3 Å². The van der Waals surface area contributed by atoms with E-state index in [1.807, 2.05) is 56.9 Å². The van der Waals surface area contributed by atoms with Crippen LogP contribution in [0.25, 0.3) is 10.9 Å². The molecule has 1 aliphatic rings. The van der Waals surface area contributed by atoms with E-state index >= 15 is 0 Å². The zero-order chi connectivity index (χ0) is 24.1. The summed E-state index contributed by atoms with van der Waals surface area (Å²) in [5.41, 5.74) is 2.68. The number of aryl methyl sites for hydroxylation is 1. The summed E-state index contributed by atoms with van der Waals surface area (Å²) < 4.78 is 5.70. The molecule has 1 saturated heterocycles. The number of fused-ring (bicyclic) bond motifs is 1. The van der Waals surface area contributed by atoms with Crippen molar-refractivity contribution in [3.8, 4) is 0 Å². The maximum atomic E-state index is 12.8. The quantitative estimate of drug-likeness (QED) is 0.573. The third-order valence-corrected chi connectivity index (χ3v) is 5.67. The molecule has 1 amide bonds. The van der Waals surface area contributed by atoms with Gasteiger partial charge in [0.15, 0.2) is 0 Å². The lowest BCUT2D eigenvalue weighted by atomic mass is 10.1. The number of hydrogen-bond acceptors (Lipinski definition) is 5. The molecule has 0 radical (unpaired) electrons. The normalized spacial score (nSPS) is 17.9. The lowest BCUT2D eigenvalue weighted by molar-refractivity contribution is -0.0586. The van der Waals surface area contributed by atoms with Gasteiger partial charge in [0.2, 0.25) is 0 Å². The number of benzene rings is 2. The number of carbonyl (C=O) groups excluding carboxylic acids is 1. The molecule has 2 atom stereocenters. The second kappa shape index (κ2) is 10.8. The van der Waals surface area contributed by atoms with Crippen LogP contribution >= 0.6 is 11.6 Å². The number of rotatable bonds is 4. The Balaban J connectivity index is 0.00000149. The highest BCUT2D eigenvalue weighted by Crippen LogP contribution is 2.23.